The van der Waals surface area contributed by atoms with Crippen molar-refractivity contribution in [1.29, 1.82) is 0 Å². The zero-order valence-corrected chi connectivity index (χ0v) is 13.3. The number of carbonyl (C=O) groups is 2. The minimum atomic E-state index is -0.363. The van der Waals surface area contributed by atoms with Gasteiger partial charge in [-0.1, -0.05) is 29.8 Å². The van der Waals surface area contributed by atoms with E-state index in [4.69, 9.17) is 11.6 Å². The third-order valence-electron chi connectivity index (χ3n) is 4.16. The van der Waals surface area contributed by atoms with Crippen molar-refractivity contribution in [2.24, 2.45) is 0 Å². The van der Waals surface area contributed by atoms with E-state index in [0.717, 1.165) is 12.0 Å². The van der Waals surface area contributed by atoms with Crippen LogP contribution in [0.25, 0.3) is 0 Å². The van der Waals surface area contributed by atoms with Gasteiger partial charge in [-0.15, -0.1) is 11.8 Å². The molecule has 2 aliphatic rings. The summed E-state index contributed by atoms with van der Waals surface area (Å²) in [7, 11) is 0. The Kier molecular flexibility index (Phi) is 3.88. The topological polar surface area (TPSA) is 49.4 Å². The molecular formula is C15H17ClN2O2S. The lowest BCUT2D eigenvalue weighted by atomic mass is 10.2. The number of carbonyl (C=O) groups excluding carboxylic acids is 2. The monoisotopic (exact) mass is 324 g/mol. The minimum absolute atomic E-state index is 0.0837. The number of benzene rings is 1. The van der Waals surface area contributed by atoms with Gasteiger partial charge in [0.05, 0.1) is 4.87 Å². The lowest BCUT2D eigenvalue weighted by Gasteiger charge is -2.29. The van der Waals surface area contributed by atoms with E-state index in [1.165, 1.54) is 0 Å². The van der Waals surface area contributed by atoms with E-state index in [1.54, 1.807) is 22.7 Å². The van der Waals surface area contributed by atoms with Gasteiger partial charge in [-0.05, 0) is 25.0 Å². The van der Waals surface area contributed by atoms with Gasteiger partial charge in [0.2, 0.25) is 11.8 Å². The van der Waals surface area contributed by atoms with Gasteiger partial charge in [-0.25, -0.2) is 0 Å². The average Bonchev–Trinajstić information content (AvgIpc) is 2.95. The molecule has 2 saturated heterocycles. The predicted octanol–water partition coefficient (Wildman–Crippen LogP) is 2.41. The maximum atomic E-state index is 12.4. The standard InChI is InChI=1S/C15H17ClN2O2S/c1-15-7-6-13(19)18(15)12(9-21-15)14(20)17-8-10-4-2-3-5-11(10)16/h2-5,12H,6-9H2,1H3,(H,17,20)/t12-,15-/m0/s1. The van der Waals surface area contributed by atoms with Crippen LogP contribution in [0.1, 0.15) is 25.3 Å². The fraction of sp³-hybridized carbons (Fsp3) is 0.467. The molecule has 1 aromatic rings. The summed E-state index contributed by atoms with van der Waals surface area (Å²) in [5.41, 5.74) is 0.883. The summed E-state index contributed by atoms with van der Waals surface area (Å²) in [5, 5.41) is 3.54. The van der Waals surface area contributed by atoms with Crippen LogP contribution in [0.3, 0.4) is 0 Å². The zero-order chi connectivity index (χ0) is 15.0. The number of amides is 2. The second-order valence-corrected chi connectivity index (χ2v) is 7.48. The molecule has 4 nitrogen and oxygen atoms in total. The van der Waals surface area contributed by atoms with Crippen LogP contribution in [0.15, 0.2) is 24.3 Å². The Bertz CT molecular complexity index is 595. The van der Waals surface area contributed by atoms with Crippen molar-refractivity contribution < 1.29 is 9.59 Å². The molecule has 0 aromatic heterocycles. The number of halogens is 1. The van der Waals surface area contributed by atoms with E-state index in [2.05, 4.69) is 5.32 Å². The van der Waals surface area contributed by atoms with Crippen LogP contribution in [-0.4, -0.2) is 33.4 Å². The number of hydrogen-bond acceptors (Lipinski definition) is 3. The molecule has 0 unspecified atom stereocenters. The first-order chi connectivity index (χ1) is 10.0. The molecule has 1 aromatic carbocycles. The quantitative estimate of drug-likeness (QED) is 0.929. The Morgan fingerprint density at radius 3 is 3.05 bits per heavy atom. The summed E-state index contributed by atoms with van der Waals surface area (Å²) < 4.78 is 0. The van der Waals surface area contributed by atoms with Gasteiger partial charge >= 0.3 is 0 Å². The van der Waals surface area contributed by atoms with Crippen molar-refractivity contribution in [3.63, 3.8) is 0 Å². The molecule has 21 heavy (non-hydrogen) atoms. The highest BCUT2D eigenvalue weighted by molar-refractivity contribution is 8.01. The summed E-state index contributed by atoms with van der Waals surface area (Å²) in [6.07, 6.45) is 1.36. The fourth-order valence-electron chi connectivity index (χ4n) is 2.96. The van der Waals surface area contributed by atoms with Crippen molar-refractivity contribution in [2.75, 3.05) is 5.75 Å². The van der Waals surface area contributed by atoms with E-state index in [9.17, 15) is 9.59 Å². The van der Waals surface area contributed by atoms with Crippen molar-refractivity contribution in [3.05, 3.63) is 34.9 Å². The van der Waals surface area contributed by atoms with Crippen LogP contribution in [0.2, 0.25) is 5.02 Å². The molecule has 0 aliphatic carbocycles. The van der Waals surface area contributed by atoms with Crippen LogP contribution < -0.4 is 5.32 Å². The van der Waals surface area contributed by atoms with Crippen molar-refractivity contribution >= 4 is 35.2 Å². The fourth-order valence-corrected chi connectivity index (χ4v) is 4.59. The van der Waals surface area contributed by atoms with Crippen LogP contribution in [0, 0.1) is 0 Å². The molecule has 3 rings (SSSR count). The number of fused-ring (bicyclic) bond motifs is 1. The van der Waals surface area contributed by atoms with Gasteiger partial charge in [-0.3, -0.25) is 9.59 Å². The van der Waals surface area contributed by atoms with Crippen molar-refractivity contribution in [3.8, 4) is 0 Å². The Balaban J connectivity index is 1.67. The molecule has 1 N–H and O–H groups in total. The SMILES string of the molecule is C[C@]12CCC(=O)N1[C@H](C(=O)NCc1ccccc1Cl)CS2. The van der Waals surface area contributed by atoms with Gasteiger partial charge in [0.15, 0.2) is 0 Å². The van der Waals surface area contributed by atoms with Crippen LogP contribution in [0.4, 0.5) is 0 Å². The van der Waals surface area contributed by atoms with E-state index in [-0.39, 0.29) is 22.7 Å². The summed E-state index contributed by atoms with van der Waals surface area (Å²) in [6.45, 7) is 2.43. The lowest BCUT2D eigenvalue weighted by Crippen LogP contribution is -2.49. The second kappa shape index (κ2) is 5.54. The molecule has 2 heterocycles. The maximum absolute atomic E-state index is 12.4. The largest absolute Gasteiger partial charge is 0.350 e. The Morgan fingerprint density at radius 2 is 2.29 bits per heavy atom. The summed E-state index contributed by atoms with van der Waals surface area (Å²) >= 11 is 7.78. The van der Waals surface area contributed by atoms with E-state index < -0.39 is 0 Å². The number of rotatable bonds is 3. The molecule has 0 radical (unpaired) electrons. The smallest absolute Gasteiger partial charge is 0.243 e. The van der Waals surface area contributed by atoms with Gasteiger partial charge in [0, 0.05) is 23.7 Å². The highest BCUT2D eigenvalue weighted by Crippen LogP contribution is 2.47. The molecule has 2 fully saturated rings. The summed E-state index contributed by atoms with van der Waals surface area (Å²) in [5.74, 6) is 0.651. The second-order valence-electron chi connectivity index (χ2n) is 5.57. The zero-order valence-electron chi connectivity index (χ0n) is 11.8. The number of thioether (sulfide) groups is 1. The highest BCUT2D eigenvalue weighted by Gasteiger charge is 2.52. The molecule has 2 atom stereocenters. The van der Waals surface area contributed by atoms with Crippen molar-refractivity contribution in [2.45, 2.75) is 37.2 Å². The minimum Gasteiger partial charge on any atom is -0.350 e. The van der Waals surface area contributed by atoms with Crippen LogP contribution >= 0.6 is 23.4 Å². The predicted molar refractivity (Wildman–Crippen MR) is 84.0 cm³/mol. The Hall–Kier alpha value is -1.20. The molecule has 2 amide bonds. The highest BCUT2D eigenvalue weighted by atomic mass is 35.5. The Labute approximate surface area is 133 Å². The average molecular weight is 325 g/mol. The van der Waals surface area contributed by atoms with Crippen LogP contribution in [0.5, 0.6) is 0 Å². The third-order valence-corrected chi connectivity index (χ3v) is 6.03. The molecule has 0 saturated carbocycles. The number of nitrogens with zero attached hydrogens (tertiary/aromatic N) is 1. The number of hydrogen-bond donors (Lipinski definition) is 1. The van der Waals surface area contributed by atoms with Gasteiger partial charge in [-0.2, -0.15) is 0 Å². The van der Waals surface area contributed by atoms with Gasteiger partial charge in [0.1, 0.15) is 6.04 Å². The first kappa shape index (κ1) is 14.7. The Morgan fingerprint density at radius 1 is 1.52 bits per heavy atom. The summed E-state index contributed by atoms with van der Waals surface area (Å²) in [6, 6.07) is 7.07. The van der Waals surface area contributed by atoms with Crippen molar-refractivity contribution in [1.82, 2.24) is 10.2 Å². The number of nitrogens with one attached hydrogen (secondary N) is 1. The van der Waals surface area contributed by atoms with Gasteiger partial charge < -0.3 is 10.2 Å². The first-order valence-corrected chi connectivity index (χ1v) is 8.35. The molecular weight excluding hydrogens is 308 g/mol. The van der Waals surface area contributed by atoms with E-state index >= 15 is 0 Å². The normalized spacial score (nSPS) is 27.8. The van der Waals surface area contributed by atoms with E-state index in [1.807, 2.05) is 25.1 Å². The third kappa shape index (κ3) is 2.64. The van der Waals surface area contributed by atoms with E-state index in [0.29, 0.717) is 23.7 Å². The molecule has 112 valence electrons. The molecule has 0 bridgehead atoms. The first-order valence-electron chi connectivity index (χ1n) is 6.98. The summed E-state index contributed by atoms with van der Waals surface area (Å²) in [4.78, 5) is 26.0. The maximum Gasteiger partial charge on any atom is 0.243 e. The molecule has 2 aliphatic heterocycles. The van der Waals surface area contributed by atoms with Gasteiger partial charge in [0.25, 0.3) is 0 Å². The molecule has 0 spiro atoms. The lowest BCUT2D eigenvalue weighted by molar-refractivity contribution is -0.138. The van der Waals surface area contributed by atoms with Crippen LogP contribution in [-0.2, 0) is 16.1 Å². The molecule has 6 heteroatoms.